The van der Waals surface area contributed by atoms with Crippen LogP contribution in [0.5, 0.6) is 0 Å². The van der Waals surface area contributed by atoms with E-state index in [0.717, 1.165) is 36.1 Å². The van der Waals surface area contributed by atoms with Crippen molar-refractivity contribution in [1.29, 1.82) is 0 Å². The molecular formula is C31H32F6N2O. The van der Waals surface area contributed by atoms with Crippen LogP contribution in [0.25, 0.3) is 0 Å². The molecule has 40 heavy (non-hydrogen) atoms. The summed E-state index contributed by atoms with van der Waals surface area (Å²) in [4.78, 5) is 17.2. The third-order valence-corrected chi connectivity index (χ3v) is 7.49. The van der Waals surface area contributed by atoms with Crippen molar-refractivity contribution in [2.75, 3.05) is 26.2 Å². The van der Waals surface area contributed by atoms with Crippen LogP contribution in [0.3, 0.4) is 0 Å². The van der Waals surface area contributed by atoms with Crippen LogP contribution >= 0.6 is 0 Å². The van der Waals surface area contributed by atoms with E-state index in [4.69, 9.17) is 0 Å². The molecular weight excluding hydrogens is 530 g/mol. The molecule has 214 valence electrons. The summed E-state index contributed by atoms with van der Waals surface area (Å²) >= 11 is 0. The first kappa shape index (κ1) is 29.6. The maximum absolute atomic E-state index is 13.6. The van der Waals surface area contributed by atoms with Crippen molar-refractivity contribution >= 4 is 5.91 Å². The Morgan fingerprint density at radius 3 is 2.05 bits per heavy atom. The van der Waals surface area contributed by atoms with Gasteiger partial charge in [0.05, 0.1) is 11.1 Å². The average molecular weight is 563 g/mol. The molecule has 0 aromatic heterocycles. The Bertz CT molecular complexity index is 1290. The van der Waals surface area contributed by atoms with Gasteiger partial charge in [-0.25, -0.2) is 0 Å². The number of aryl methyl sites for hydroxylation is 3. The number of carbonyl (C=O) groups excluding carboxylic acids is 1. The molecule has 0 N–H and O–H groups in total. The van der Waals surface area contributed by atoms with Gasteiger partial charge in [0, 0.05) is 31.2 Å². The Labute approximate surface area is 230 Å². The molecule has 3 aromatic carbocycles. The number of piperazine rings is 1. The largest absolute Gasteiger partial charge is 0.416 e. The second-order valence-electron chi connectivity index (χ2n) is 10.5. The molecule has 0 unspecified atom stereocenters. The third kappa shape index (κ3) is 7.44. The summed E-state index contributed by atoms with van der Waals surface area (Å²) in [6.07, 6.45) is -7.84. The smallest absolute Gasteiger partial charge is 0.333 e. The highest BCUT2D eigenvalue weighted by molar-refractivity contribution is 5.95. The molecule has 1 atom stereocenters. The zero-order valence-corrected chi connectivity index (χ0v) is 22.4. The number of nitrogens with zero attached hydrogens (tertiary/aromatic N) is 2. The highest BCUT2D eigenvalue weighted by Crippen LogP contribution is 2.37. The number of amides is 1. The van der Waals surface area contributed by atoms with Crippen LogP contribution in [0, 0.1) is 13.8 Å². The van der Waals surface area contributed by atoms with E-state index in [9.17, 15) is 31.1 Å². The zero-order chi connectivity index (χ0) is 29.1. The third-order valence-electron chi connectivity index (χ3n) is 7.49. The minimum atomic E-state index is -5.02. The molecule has 4 rings (SSSR count). The van der Waals surface area contributed by atoms with E-state index in [-0.39, 0.29) is 12.6 Å². The van der Waals surface area contributed by atoms with Crippen LogP contribution < -0.4 is 0 Å². The van der Waals surface area contributed by atoms with Crippen molar-refractivity contribution in [3.05, 3.63) is 106 Å². The van der Waals surface area contributed by atoms with Crippen LogP contribution in [0.15, 0.2) is 66.7 Å². The maximum atomic E-state index is 13.6. The standard InChI is InChI=1S/C31H32F6N2O/c1-21-10-11-24(15-22(21)2)16-28-20-38(12-6-9-23-7-4-3-5-8-23)13-14-39(28)29(40)25-17-26(30(32,33)34)19-27(18-25)31(35,36)37/h3-5,7-8,10-11,15,17-19,28H,6,9,12-14,16,20H2,1-2H3/t28-/m0/s1. The first-order chi connectivity index (χ1) is 18.8. The molecule has 1 saturated heterocycles. The molecule has 1 amide bonds. The summed E-state index contributed by atoms with van der Waals surface area (Å²) < 4.78 is 80.8. The maximum Gasteiger partial charge on any atom is 0.416 e. The van der Waals surface area contributed by atoms with Gasteiger partial charge >= 0.3 is 12.4 Å². The molecule has 0 saturated carbocycles. The van der Waals surface area contributed by atoms with Crippen LogP contribution in [-0.2, 0) is 25.2 Å². The second kappa shape index (κ2) is 12.0. The van der Waals surface area contributed by atoms with E-state index >= 15 is 0 Å². The van der Waals surface area contributed by atoms with Crippen molar-refractivity contribution in [3.8, 4) is 0 Å². The molecule has 1 heterocycles. The molecule has 0 bridgehead atoms. The minimum Gasteiger partial charge on any atom is -0.333 e. The highest BCUT2D eigenvalue weighted by Gasteiger charge is 2.39. The summed E-state index contributed by atoms with van der Waals surface area (Å²) in [5, 5.41) is 0. The zero-order valence-electron chi connectivity index (χ0n) is 22.4. The topological polar surface area (TPSA) is 23.6 Å². The number of benzene rings is 3. The number of hydrogen-bond donors (Lipinski definition) is 0. The number of hydrogen-bond acceptors (Lipinski definition) is 2. The van der Waals surface area contributed by atoms with Gasteiger partial charge in [-0.3, -0.25) is 9.69 Å². The number of rotatable bonds is 7. The molecule has 0 spiro atoms. The van der Waals surface area contributed by atoms with Gasteiger partial charge in [-0.2, -0.15) is 26.3 Å². The van der Waals surface area contributed by atoms with Crippen LogP contribution in [0.2, 0.25) is 0 Å². The van der Waals surface area contributed by atoms with Gasteiger partial charge in [-0.15, -0.1) is 0 Å². The number of halogens is 6. The lowest BCUT2D eigenvalue weighted by Crippen LogP contribution is -2.56. The predicted octanol–water partition coefficient (Wildman–Crippen LogP) is 7.34. The summed E-state index contributed by atoms with van der Waals surface area (Å²) in [7, 11) is 0. The van der Waals surface area contributed by atoms with E-state index in [1.165, 1.54) is 10.5 Å². The molecule has 3 aromatic rings. The van der Waals surface area contributed by atoms with Gasteiger partial charge in [0.2, 0.25) is 0 Å². The van der Waals surface area contributed by atoms with Gasteiger partial charge in [0.15, 0.2) is 0 Å². The fourth-order valence-electron chi connectivity index (χ4n) is 5.16. The van der Waals surface area contributed by atoms with E-state index in [0.29, 0.717) is 31.6 Å². The first-order valence-electron chi connectivity index (χ1n) is 13.2. The van der Waals surface area contributed by atoms with Crippen LogP contribution in [-0.4, -0.2) is 47.9 Å². The van der Waals surface area contributed by atoms with E-state index in [1.807, 2.05) is 50.2 Å². The summed E-state index contributed by atoms with van der Waals surface area (Å²) in [5.74, 6) is -0.825. The van der Waals surface area contributed by atoms with Gasteiger partial charge < -0.3 is 4.90 Å². The summed E-state index contributed by atoms with van der Waals surface area (Å²) in [6.45, 7) is 5.88. The molecule has 1 aliphatic heterocycles. The number of carbonyl (C=O) groups is 1. The summed E-state index contributed by atoms with van der Waals surface area (Å²) in [5.41, 5.74) is 0.756. The Hall–Kier alpha value is -3.33. The normalized spacial score (nSPS) is 16.8. The lowest BCUT2D eigenvalue weighted by molar-refractivity contribution is -0.143. The van der Waals surface area contributed by atoms with Crippen molar-refractivity contribution in [2.24, 2.45) is 0 Å². The minimum absolute atomic E-state index is 0.0496. The first-order valence-corrected chi connectivity index (χ1v) is 13.2. The quantitative estimate of drug-likeness (QED) is 0.281. The molecule has 9 heteroatoms. The predicted molar refractivity (Wildman–Crippen MR) is 142 cm³/mol. The van der Waals surface area contributed by atoms with Crippen molar-refractivity contribution in [3.63, 3.8) is 0 Å². The van der Waals surface area contributed by atoms with Gasteiger partial charge in [-0.05, 0) is 80.1 Å². The Kier molecular flexibility index (Phi) is 8.93. The second-order valence-corrected chi connectivity index (χ2v) is 10.5. The van der Waals surface area contributed by atoms with Gasteiger partial charge in [-0.1, -0.05) is 48.5 Å². The lowest BCUT2D eigenvalue weighted by atomic mass is 9.97. The van der Waals surface area contributed by atoms with E-state index < -0.39 is 41.0 Å². The molecule has 1 fully saturated rings. The van der Waals surface area contributed by atoms with Crippen LogP contribution in [0.4, 0.5) is 26.3 Å². The highest BCUT2D eigenvalue weighted by atomic mass is 19.4. The van der Waals surface area contributed by atoms with E-state index in [1.54, 1.807) is 0 Å². The molecule has 3 nitrogen and oxygen atoms in total. The van der Waals surface area contributed by atoms with Crippen molar-refractivity contribution < 1.29 is 31.1 Å². The Balaban J connectivity index is 1.59. The average Bonchev–Trinajstić information content (AvgIpc) is 2.90. The molecule has 1 aliphatic rings. The van der Waals surface area contributed by atoms with Gasteiger partial charge in [0.25, 0.3) is 5.91 Å². The van der Waals surface area contributed by atoms with Gasteiger partial charge in [0.1, 0.15) is 0 Å². The van der Waals surface area contributed by atoms with Crippen LogP contribution in [0.1, 0.15) is 50.2 Å². The molecule has 0 radical (unpaired) electrons. The SMILES string of the molecule is Cc1ccc(C[C@H]2CN(CCCc3ccccc3)CCN2C(=O)c2cc(C(F)(F)F)cc(C(F)(F)F)c2)cc1C. The van der Waals surface area contributed by atoms with Crippen molar-refractivity contribution in [2.45, 2.75) is 51.5 Å². The fourth-order valence-corrected chi connectivity index (χ4v) is 5.16. The van der Waals surface area contributed by atoms with Crippen molar-refractivity contribution in [1.82, 2.24) is 9.80 Å². The monoisotopic (exact) mass is 562 g/mol. The fraction of sp³-hybridized carbons (Fsp3) is 0.387. The molecule has 0 aliphatic carbocycles. The number of alkyl halides is 6. The Morgan fingerprint density at radius 2 is 1.45 bits per heavy atom. The Morgan fingerprint density at radius 1 is 0.800 bits per heavy atom. The van der Waals surface area contributed by atoms with E-state index in [2.05, 4.69) is 17.0 Å². The lowest BCUT2D eigenvalue weighted by Gasteiger charge is -2.42. The summed E-state index contributed by atoms with van der Waals surface area (Å²) in [6, 6.07) is 16.7.